The third-order valence-corrected chi connectivity index (χ3v) is 11.4. The summed E-state index contributed by atoms with van der Waals surface area (Å²) in [6.07, 6.45) is 0. The molecule has 0 spiro atoms. The van der Waals surface area contributed by atoms with Crippen LogP contribution in [0.2, 0.25) is 0 Å². The number of fused-ring (bicyclic) bond motifs is 9. The summed E-state index contributed by atoms with van der Waals surface area (Å²) in [6, 6.07) is 46.7. The number of benzene rings is 6. The van der Waals surface area contributed by atoms with E-state index in [1.54, 1.807) is 0 Å². The van der Waals surface area contributed by atoms with E-state index in [0.717, 1.165) is 0 Å². The highest BCUT2D eigenvalue weighted by molar-refractivity contribution is 7.99. The van der Waals surface area contributed by atoms with Gasteiger partial charge in [0.2, 0.25) is 0 Å². The Labute approximate surface area is 243 Å². The largest absolute Gasteiger partial charge is 0.308 e. The van der Waals surface area contributed by atoms with Gasteiger partial charge in [0.15, 0.2) is 0 Å². The van der Waals surface area contributed by atoms with E-state index in [2.05, 4.69) is 132 Å². The van der Waals surface area contributed by atoms with Crippen molar-refractivity contribution < 1.29 is 0 Å². The average Bonchev–Trinajstić information content (AvgIpc) is 3.58. The summed E-state index contributed by atoms with van der Waals surface area (Å²) in [4.78, 5) is 4.98. The minimum absolute atomic E-state index is 1.18. The van der Waals surface area contributed by atoms with Crippen LogP contribution in [0.5, 0.6) is 0 Å². The van der Waals surface area contributed by atoms with Crippen LogP contribution in [-0.2, 0) is 0 Å². The third kappa shape index (κ3) is 3.27. The van der Waals surface area contributed by atoms with Crippen molar-refractivity contribution in [2.75, 3.05) is 4.90 Å². The Balaban J connectivity index is 1.27. The van der Waals surface area contributed by atoms with Crippen LogP contribution < -0.4 is 4.90 Å². The lowest BCUT2D eigenvalue weighted by atomic mass is 10.0. The minimum atomic E-state index is 1.18. The molecule has 0 saturated carbocycles. The highest BCUT2D eigenvalue weighted by Gasteiger charge is 2.24. The second-order valence-corrected chi connectivity index (χ2v) is 13.3. The van der Waals surface area contributed by atoms with E-state index in [1.165, 1.54) is 78.3 Å². The Hall–Kier alpha value is -4.09. The molecule has 1 nitrogen and oxygen atoms in total. The number of hydrogen-bond acceptors (Lipinski definition) is 4. The molecule has 4 heteroatoms. The molecule has 9 rings (SSSR count). The fourth-order valence-corrected chi connectivity index (χ4v) is 9.72. The van der Waals surface area contributed by atoms with Crippen LogP contribution in [0.1, 0.15) is 0 Å². The van der Waals surface area contributed by atoms with Crippen LogP contribution in [0.4, 0.5) is 17.1 Å². The second-order valence-electron chi connectivity index (χ2n) is 10.1. The Morgan fingerprint density at radius 1 is 0.475 bits per heavy atom. The first-order valence-corrected chi connectivity index (χ1v) is 15.8. The molecule has 0 atom stereocenters. The standard InChI is InChI=1S/C36H21NS3/c1-4-16-30-27(11-1)34-33(38-30)20-19-26-25-13-8-12-24(35(25)40-36(26)34)22-9-7-10-23(21-22)37-28-14-2-5-17-31(28)39-32-18-6-3-15-29(32)37/h1-21H. The van der Waals surface area contributed by atoms with Crippen LogP contribution in [0.25, 0.3) is 51.5 Å². The van der Waals surface area contributed by atoms with E-state index in [-0.39, 0.29) is 0 Å². The van der Waals surface area contributed by atoms with Gasteiger partial charge in [-0.05, 0) is 59.7 Å². The summed E-state index contributed by atoms with van der Waals surface area (Å²) in [5.74, 6) is 0. The molecule has 0 unspecified atom stereocenters. The second kappa shape index (κ2) is 8.70. The molecule has 3 heterocycles. The highest BCUT2D eigenvalue weighted by Crippen LogP contribution is 2.52. The highest BCUT2D eigenvalue weighted by atomic mass is 32.2. The molecular formula is C36H21NS3. The normalized spacial score (nSPS) is 12.8. The number of anilines is 3. The summed E-state index contributed by atoms with van der Waals surface area (Å²) < 4.78 is 5.47. The Morgan fingerprint density at radius 2 is 1.18 bits per heavy atom. The molecule has 8 aromatic rings. The lowest BCUT2D eigenvalue weighted by molar-refractivity contribution is 1.17. The molecule has 188 valence electrons. The Kier molecular flexibility index (Phi) is 4.94. The van der Waals surface area contributed by atoms with Gasteiger partial charge in [-0.2, -0.15) is 0 Å². The molecule has 1 aliphatic rings. The molecule has 0 aliphatic carbocycles. The Morgan fingerprint density at radius 3 is 2.02 bits per heavy atom. The van der Waals surface area contributed by atoms with Crippen molar-refractivity contribution in [2.24, 2.45) is 0 Å². The molecule has 0 bridgehead atoms. The molecule has 0 radical (unpaired) electrons. The van der Waals surface area contributed by atoms with E-state index >= 15 is 0 Å². The Bertz CT molecular complexity index is 2230. The molecule has 6 aromatic carbocycles. The van der Waals surface area contributed by atoms with Gasteiger partial charge in [-0.25, -0.2) is 0 Å². The zero-order chi connectivity index (χ0) is 26.2. The van der Waals surface area contributed by atoms with E-state index in [9.17, 15) is 0 Å². The van der Waals surface area contributed by atoms with Gasteiger partial charge < -0.3 is 4.90 Å². The van der Waals surface area contributed by atoms with Crippen LogP contribution in [0.15, 0.2) is 137 Å². The lowest BCUT2D eigenvalue weighted by Crippen LogP contribution is -2.14. The molecular weight excluding hydrogens is 543 g/mol. The van der Waals surface area contributed by atoms with Crippen LogP contribution in [-0.4, -0.2) is 0 Å². The topological polar surface area (TPSA) is 3.24 Å². The van der Waals surface area contributed by atoms with Crippen molar-refractivity contribution in [1.82, 2.24) is 0 Å². The van der Waals surface area contributed by atoms with E-state index in [1.807, 2.05) is 34.4 Å². The monoisotopic (exact) mass is 563 g/mol. The fourth-order valence-electron chi connectivity index (χ4n) is 6.09. The molecule has 0 N–H and O–H groups in total. The smallest absolute Gasteiger partial charge is 0.0601 e. The van der Waals surface area contributed by atoms with Crippen LogP contribution in [0, 0.1) is 0 Å². The molecule has 40 heavy (non-hydrogen) atoms. The average molecular weight is 564 g/mol. The lowest BCUT2D eigenvalue weighted by Gasteiger charge is -2.33. The van der Waals surface area contributed by atoms with Crippen LogP contribution in [0.3, 0.4) is 0 Å². The SMILES string of the molecule is c1cc(-c2cccc3c2sc2c3ccc3sc4ccccc4c32)cc(N2c3ccccc3Sc3ccccc32)c1. The van der Waals surface area contributed by atoms with Gasteiger partial charge in [0.05, 0.1) is 11.4 Å². The van der Waals surface area contributed by atoms with E-state index < -0.39 is 0 Å². The first-order valence-electron chi connectivity index (χ1n) is 13.4. The predicted octanol–water partition coefficient (Wildman–Crippen LogP) is 12.0. The summed E-state index contributed by atoms with van der Waals surface area (Å²) in [6.45, 7) is 0. The number of hydrogen-bond donors (Lipinski definition) is 0. The quantitative estimate of drug-likeness (QED) is 0.206. The van der Waals surface area contributed by atoms with Gasteiger partial charge in [0, 0.05) is 55.8 Å². The van der Waals surface area contributed by atoms with Crippen molar-refractivity contribution >= 4 is 91.8 Å². The van der Waals surface area contributed by atoms with Crippen molar-refractivity contribution in [3.05, 3.63) is 127 Å². The van der Waals surface area contributed by atoms with Crippen molar-refractivity contribution in [1.29, 1.82) is 0 Å². The summed E-state index contributed by atoms with van der Waals surface area (Å²) in [5, 5.41) is 5.46. The van der Waals surface area contributed by atoms with Crippen molar-refractivity contribution in [3.63, 3.8) is 0 Å². The first kappa shape index (κ1) is 22.7. The van der Waals surface area contributed by atoms with Gasteiger partial charge in [0.25, 0.3) is 0 Å². The molecule has 0 saturated heterocycles. The predicted molar refractivity (Wildman–Crippen MR) is 176 cm³/mol. The van der Waals surface area contributed by atoms with Crippen molar-refractivity contribution in [3.8, 4) is 11.1 Å². The summed E-state index contributed by atoms with van der Waals surface area (Å²) in [5.41, 5.74) is 6.18. The number of para-hydroxylation sites is 2. The molecule has 2 aromatic heterocycles. The van der Waals surface area contributed by atoms with Gasteiger partial charge in [-0.3, -0.25) is 0 Å². The zero-order valence-electron chi connectivity index (χ0n) is 21.3. The molecule has 1 aliphatic heterocycles. The van der Waals surface area contributed by atoms with Gasteiger partial charge in [-0.15, -0.1) is 22.7 Å². The number of thiophene rings is 2. The first-order chi connectivity index (χ1) is 19.8. The maximum absolute atomic E-state index is 2.41. The van der Waals surface area contributed by atoms with Crippen molar-refractivity contribution in [2.45, 2.75) is 9.79 Å². The fraction of sp³-hybridized carbons (Fsp3) is 0. The third-order valence-electron chi connectivity index (χ3n) is 7.85. The number of rotatable bonds is 2. The van der Waals surface area contributed by atoms with Gasteiger partial charge in [-0.1, -0.05) is 90.6 Å². The maximum atomic E-state index is 2.41. The van der Waals surface area contributed by atoms with Crippen LogP contribution >= 0.6 is 34.4 Å². The maximum Gasteiger partial charge on any atom is 0.0601 e. The van der Waals surface area contributed by atoms with Gasteiger partial charge >= 0.3 is 0 Å². The van der Waals surface area contributed by atoms with Gasteiger partial charge in [0.1, 0.15) is 0 Å². The molecule has 0 amide bonds. The van der Waals surface area contributed by atoms with E-state index in [4.69, 9.17) is 0 Å². The molecule has 0 fully saturated rings. The summed E-state index contributed by atoms with van der Waals surface area (Å²) in [7, 11) is 0. The zero-order valence-corrected chi connectivity index (χ0v) is 23.7. The van der Waals surface area contributed by atoms with E-state index in [0.29, 0.717) is 0 Å². The minimum Gasteiger partial charge on any atom is -0.308 e. The summed E-state index contributed by atoms with van der Waals surface area (Å²) >= 11 is 5.68. The number of nitrogens with zero attached hydrogens (tertiary/aromatic N) is 1.